The van der Waals surface area contributed by atoms with Crippen LogP contribution < -0.4 is 10.6 Å². The van der Waals surface area contributed by atoms with Gasteiger partial charge in [0, 0.05) is 31.5 Å². The number of anilines is 2. The number of aryl methyl sites for hydroxylation is 1. The summed E-state index contributed by atoms with van der Waals surface area (Å²) in [5.74, 6) is 0.953. The Balaban J connectivity index is 2.36. The van der Waals surface area contributed by atoms with E-state index in [0.717, 1.165) is 28.2 Å². The number of nitrogens with zero attached hydrogens (tertiary/aromatic N) is 2. The number of hydrogen-bond donors (Lipinski definition) is 1. The van der Waals surface area contributed by atoms with E-state index in [1.807, 2.05) is 50.3 Å². The fourth-order valence-electron chi connectivity index (χ4n) is 1.64. The molecule has 0 unspecified atom stereocenters. The topological polar surface area (TPSA) is 42.2 Å². The van der Waals surface area contributed by atoms with E-state index in [4.69, 9.17) is 5.73 Å². The van der Waals surface area contributed by atoms with Gasteiger partial charge < -0.3 is 10.6 Å². The molecular formula is C14H17N3. The summed E-state index contributed by atoms with van der Waals surface area (Å²) in [6.45, 7) is 2.01. The molecule has 0 bridgehead atoms. The van der Waals surface area contributed by atoms with E-state index in [1.165, 1.54) is 0 Å². The Morgan fingerprint density at radius 3 is 2.29 bits per heavy atom. The third-order valence-corrected chi connectivity index (χ3v) is 2.82. The van der Waals surface area contributed by atoms with Crippen LogP contribution in [0.4, 0.5) is 11.5 Å². The van der Waals surface area contributed by atoms with Crippen LogP contribution in [0.2, 0.25) is 0 Å². The zero-order valence-electron chi connectivity index (χ0n) is 10.4. The summed E-state index contributed by atoms with van der Waals surface area (Å²) >= 11 is 0. The van der Waals surface area contributed by atoms with Crippen LogP contribution in [0.25, 0.3) is 11.1 Å². The number of nitrogen functional groups attached to an aromatic ring is 1. The average molecular weight is 227 g/mol. The first-order chi connectivity index (χ1) is 8.08. The van der Waals surface area contributed by atoms with E-state index in [-0.39, 0.29) is 0 Å². The smallest absolute Gasteiger partial charge is 0.127 e. The van der Waals surface area contributed by atoms with Gasteiger partial charge in [-0.2, -0.15) is 0 Å². The summed E-state index contributed by atoms with van der Waals surface area (Å²) in [5.41, 5.74) is 10.0. The van der Waals surface area contributed by atoms with Crippen molar-refractivity contribution in [3.63, 3.8) is 0 Å². The predicted octanol–water partition coefficient (Wildman–Crippen LogP) is 2.71. The van der Waals surface area contributed by atoms with E-state index < -0.39 is 0 Å². The highest BCUT2D eigenvalue weighted by Crippen LogP contribution is 2.24. The standard InChI is InChI=1S/C14H17N3/c1-10-4-5-11(8-13(10)15)12-6-7-14(16-9-12)17(2)3/h4-9H,15H2,1-3H3. The quantitative estimate of drug-likeness (QED) is 0.802. The Kier molecular flexibility index (Phi) is 3.00. The number of aromatic nitrogens is 1. The highest BCUT2D eigenvalue weighted by Gasteiger charge is 2.02. The Labute approximate surface area is 102 Å². The van der Waals surface area contributed by atoms with E-state index in [2.05, 4.69) is 17.1 Å². The minimum absolute atomic E-state index is 0.819. The normalized spacial score (nSPS) is 10.3. The maximum atomic E-state index is 5.91. The highest BCUT2D eigenvalue weighted by atomic mass is 15.1. The largest absolute Gasteiger partial charge is 0.398 e. The van der Waals surface area contributed by atoms with Gasteiger partial charge in [-0.05, 0) is 36.2 Å². The first kappa shape index (κ1) is 11.5. The Morgan fingerprint density at radius 2 is 1.76 bits per heavy atom. The molecule has 3 heteroatoms. The van der Waals surface area contributed by atoms with Crippen molar-refractivity contribution < 1.29 is 0 Å². The van der Waals surface area contributed by atoms with Crippen molar-refractivity contribution in [3.8, 4) is 11.1 Å². The van der Waals surface area contributed by atoms with Gasteiger partial charge in [0.2, 0.25) is 0 Å². The molecule has 1 heterocycles. The molecule has 0 radical (unpaired) electrons. The van der Waals surface area contributed by atoms with Gasteiger partial charge in [-0.3, -0.25) is 0 Å². The Bertz CT molecular complexity index is 515. The molecule has 0 spiro atoms. The number of nitrogens with two attached hydrogens (primary N) is 1. The molecule has 17 heavy (non-hydrogen) atoms. The van der Waals surface area contributed by atoms with Gasteiger partial charge in [0.1, 0.15) is 5.82 Å². The summed E-state index contributed by atoms with van der Waals surface area (Å²) in [7, 11) is 3.96. The fourth-order valence-corrected chi connectivity index (χ4v) is 1.64. The molecule has 88 valence electrons. The molecule has 2 rings (SSSR count). The van der Waals surface area contributed by atoms with Gasteiger partial charge >= 0.3 is 0 Å². The van der Waals surface area contributed by atoms with Crippen molar-refractivity contribution in [2.45, 2.75) is 6.92 Å². The number of benzene rings is 1. The number of pyridine rings is 1. The average Bonchev–Trinajstić information content (AvgIpc) is 2.33. The lowest BCUT2D eigenvalue weighted by molar-refractivity contribution is 1.07. The van der Waals surface area contributed by atoms with E-state index in [0.29, 0.717) is 0 Å². The maximum Gasteiger partial charge on any atom is 0.127 e. The van der Waals surface area contributed by atoms with Gasteiger partial charge in [0.05, 0.1) is 0 Å². The van der Waals surface area contributed by atoms with Crippen LogP contribution in [0.15, 0.2) is 36.5 Å². The van der Waals surface area contributed by atoms with Gasteiger partial charge in [-0.1, -0.05) is 12.1 Å². The van der Waals surface area contributed by atoms with Crippen molar-refractivity contribution >= 4 is 11.5 Å². The lowest BCUT2D eigenvalue weighted by Crippen LogP contribution is -2.09. The molecule has 2 aromatic rings. The van der Waals surface area contributed by atoms with Crippen LogP contribution in [-0.2, 0) is 0 Å². The van der Waals surface area contributed by atoms with Crippen LogP contribution in [0.1, 0.15) is 5.56 Å². The second kappa shape index (κ2) is 4.45. The van der Waals surface area contributed by atoms with Crippen molar-refractivity contribution in [3.05, 3.63) is 42.1 Å². The van der Waals surface area contributed by atoms with Crippen LogP contribution in [0.5, 0.6) is 0 Å². The second-order valence-electron chi connectivity index (χ2n) is 4.37. The molecule has 3 nitrogen and oxygen atoms in total. The molecule has 1 aromatic heterocycles. The van der Waals surface area contributed by atoms with Crippen LogP contribution in [-0.4, -0.2) is 19.1 Å². The summed E-state index contributed by atoms with van der Waals surface area (Å²) < 4.78 is 0. The molecule has 2 N–H and O–H groups in total. The highest BCUT2D eigenvalue weighted by molar-refractivity contribution is 5.69. The van der Waals surface area contributed by atoms with Gasteiger partial charge in [-0.25, -0.2) is 4.98 Å². The van der Waals surface area contributed by atoms with E-state index in [9.17, 15) is 0 Å². The zero-order valence-corrected chi connectivity index (χ0v) is 10.4. The summed E-state index contributed by atoms with van der Waals surface area (Å²) in [6, 6.07) is 10.2. The lowest BCUT2D eigenvalue weighted by Gasteiger charge is -2.11. The molecule has 0 amide bonds. The van der Waals surface area contributed by atoms with Crippen molar-refractivity contribution in [2.75, 3.05) is 24.7 Å². The SMILES string of the molecule is Cc1ccc(-c2ccc(N(C)C)nc2)cc1N. The molecule has 0 saturated heterocycles. The van der Waals surface area contributed by atoms with Crippen molar-refractivity contribution in [1.29, 1.82) is 0 Å². The summed E-state index contributed by atoms with van der Waals surface area (Å²) in [6.07, 6.45) is 1.87. The lowest BCUT2D eigenvalue weighted by atomic mass is 10.0. The van der Waals surface area contributed by atoms with Crippen molar-refractivity contribution in [1.82, 2.24) is 4.98 Å². The molecule has 0 aliphatic heterocycles. The van der Waals surface area contributed by atoms with Gasteiger partial charge in [0.15, 0.2) is 0 Å². The van der Waals surface area contributed by atoms with E-state index >= 15 is 0 Å². The molecule has 0 atom stereocenters. The first-order valence-corrected chi connectivity index (χ1v) is 5.58. The predicted molar refractivity (Wildman–Crippen MR) is 73.1 cm³/mol. The van der Waals surface area contributed by atoms with E-state index in [1.54, 1.807) is 0 Å². The molecule has 0 saturated carbocycles. The van der Waals surface area contributed by atoms with Crippen molar-refractivity contribution in [2.24, 2.45) is 0 Å². The van der Waals surface area contributed by atoms with Crippen LogP contribution in [0, 0.1) is 6.92 Å². The maximum absolute atomic E-state index is 5.91. The summed E-state index contributed by atoms with van der Waals surface area (Å²) in [5, 5.41) is 0. The van der Waals surface area contributed by atoms with Gasteiger partial charge in [0.25, 0.3) is 0 Å². The number of hydrogen-bond acceptors (Lipinski definition) is 3. The van der Waals surface area contributed by atoms with Gasteiger partial charge in [-0.15, -0.1) is 0 Å². The molecule has 1 aromatic carbocycles. The zero-order chi connectivity index (χ0) is 12.4. The number of rotatable bonds is 2. The summed E-state index contributed by atoms with van der Waals surface area (Å²) in [4.78, 5) is 6.37. The third-order valence-electron chi connectivity index (χ3n) is 2.82. The molecule has 0 aliphatic carbocycles. The minimum atomic E-state index is 0.819. The fraction of sp³-hybridized carbons (Fsp3) is 0.214. The second-order valence-corrected chi connectivity index (χ2v) is 4.37. The molecular weight excluding hydrogens is 210 g/mol. The Morgan fingerprint density at radius 1 is 1.06 bits per heavy atom. The minimum Gasteiger partial charge on any atom is -0.398 e. The van der Waals surface area contributed by atoms with Crippen LogP contribution in [0.3, 0.4) is 0 Å². The Hall–Kier alpha value is -2.03. The molecule has 0 aliphatic rings. The van der Waals surface area contributed by atoms with Crippen LogP contribution >= 0.6 is 0 Å². The third kappa shape index (κ3) is 2.38. The monoisotopic (exact) mass is 227 g/mol. The molecule has 0 fully saturated rings. The first-order valence-electron chi connectivity index (χ1n) is 5.58.